The summed E-state index contributed by atoms with van der Waals surface area (Å²) in [4.78, 5) is 0. The van der Waals surface area contributed by atoms with E-state index in [0.29, 0.717) is 20.1 Å². The predicted molar refractivity (Wildman–Crippen MR) is 106 cm³/mol. The summed E-state index contributed by atoms with van der Waals surface area (Å²) in [7, 11) is 0. The van der Waals surface area contributed by atoms with Crippen LogP contribution in [0.25, 0.3) is 0 Å². The Morgan fingerprint density at radius 1 is 0.625 bits per heavy atom. The fourth-order valence-electron chi connectivity index (χ4n) is 2.81. The average molecular weight is 406 g/mol. The monoisotopic (exact) mass is 404 g/mol. The third-order valence-corrected chi connectivity index (χ3v) is 4.54. The van der Waals surface area contributed by atoms with E-state index in [0.717, 1.165) is 24.2 Å². The van der Waals surface area contributed by atoms with E-state index < -0.39 is 0 Å². The molecule has 0 spiro atoms. The van der Waals surface area contributed by atoms with Gasteiger partial charge in [0.15, 0.2) is 0 Å². The van der Waals surface area contributed by atoms with Gasteiger partial charge in [-0.3, -0.25) is 0 Å². The van der Waals surface area contributed by atoms with E-state index in [2.05, 4.69) is 24.5 Å². The number of likely N-dealkylation sites (N-methyl/N-ethyl adjacent to an activating group) is 2. The quantitative estimate of drug-likeness (QED) is 0.564. The van der Waals surface area contributed by atoms with Gasteiger partial charge in [-0.05, 0) is 60.6 Å². The Bertz CT molecular complexity index is 591. The maximum atomic E-state index is 6.20. The molecule has 2 rings (SSSR count). The van der Waals surface area contributed by atoms with Crippen molar-refractivity contribution >= 4 is 46.4 Å². The van der Waals surface area contributed by atoms with Crippen LogP contribution < -0.4 is 10.6 Å². The molecule has 0 fully saturated rings. The highest BCUT2D eigenvalue weighted by Crippen LogP contribution is 2.34. The SMILES string of the molecule is CCNC(c1cc(Cl)cc(Cl)c1)C(NCC)c1cc(Cl)cc(Cl)c1. The summed E-state index contributed by atoms with van der Waals surface area (Å²) in [5, 5.41) is 9.46. The van der Waals surface area contributed by atoms with Crippen molar-refractivity contribution in [3.05, 3.63) is 67.6 Å². The molecule has 2 aromatic carbocycles. The molecule has 0 amide bonds. The molecule has 0 heterocycles. The smallest absolute Gasteiger partial charge is 0.0519 e. The molecule has 0 aromatic heterocycles. The first-order valence-corrected chi connectivity index (χ1v) is 9.34. The summed E-state index contributed by atoms with van der Waals surface area (Å²) in [6.07, 6.45) is 0. The molecule has 130 valence electrons. The summed E-state index contributed by atoms with van der Waals surface area (Å²) in [6, 6.07) is 11.1. The Morgan fingerprint density at radius 2 is 0.917 bits per heavy atom. The molecule has 0 radical (unpaired) electrons. The van der Waals surface area contributed by atoms with Gasteiger partial charge in [0.1, 0.15) is 0 Å². The molecule has 0 aliphatic heterocycles. The minimum absolute atomic E-state index is 0.0271. The van der Waals surface area contributed by atoms with E-state index in [-0.39, 0.29) is 12.1 Å². The molecule has 2 N–H and O–H groups in total. The van der Waals surface area contributed by atoms with Gasteiger partial charge in [-0.15, -0.1) is 0 Å². The fraction of sp³-hybridized carbons (Fsp3) is 0.333. The lowest BCUT2D eigenvalue weighted by Crippen LogP contribution is -2.35. The summed E-state index contributed by atoms with van der Waals surface area (Å²) in [5.74, 6) is 0. The Balaban J connectivity index is 2.50. The van der Waals surface area contributed by atoms with Gasteiger partial charge in [0.05, 0.1) is 12.1 Å². The number of rotatable bonds is 7. The van der Waals surface area contributed by atoms with Gasteiger partial charge in [-0.25, -0.2) is 0 Å². The highest BCUT2D eigenvalue weighted by molar-refractivity contribution is 6.35. The van der Waals surface area contributed by atoms with E-state index in [1.54, 1.807) is 12.1 Å². The molecule has 6 heteroatoms. The van der Waals surface area contributed by atoms with Crippen LogP contribution in [0.2, 0.25) is 20.1 Å². The summed E-state index contributed by atoms with van der Waals surface area (Å²) >= 11 is 24.8. The van der Waals surface area contributed by atoms with Crippen molar-refractivity contribution in [2.75, 3.05) is 13.1 Å². The Labute approximate surface area is 163 Å². The second-order valence-corrected chi connectivity index (χ2v) is 7.22. The maximum Gasteiger partial charge on any atom is 0.0519 e. The highest BCUT2D eigenvalue weighted by Gasteiger charge is 2.24. The summed E-state index contributed by atoms with van der Waals surface area (Å²) in [6.45, 7) is 5.72. The van der Waals surface area contributed by atoms with Crippen LogP contribution in [0.15, 0.2) is 36.4 Å². The largest absolute Gasteiger partial charge is 0.309 e. The second kappa shape index (κ2) is 9.28. The number of halogens is 4. The van der Waals surface area contributed by atoms with Gasteiger partial charge in [0.2, 0.25) is 0 Å². The molecule has 2 aromatic rings. The maximum absolute atomic E-state index is 6.20. The summed E-state index contributed by atoms with van der Waals surface area (Å²) in [5.41, 5.74) is 2.02. The highest BCUT2D eigenvalue weighted by atomic mass is 35.5. The van der Waals surface area contributed by atoms with Crippen molar-refractivity contribution < 1.29 is 0 Å². The van der Waals surface area contributed by atoms with Crippen LogP contribution in [0.3, 0.4) is 0 Å². The Hall–Kier alpha value is -0.480. The third kappa shape index (κ3) is 5.26. The molecule has 0 aliphatic rings. The van der Waals surface area contributed by atoms with Crippen LogP contribution in [-0.2, 0) is 0 Å². The van der Waals surface area contributed by atoms with E-state index in [9.17, 15) is 0 Å². The lowest BCUT2D eigenvalue weighted by Gasteiger charge is -2.30. The molecular weight excluding hydrogens is 386 g/mol. The van der Waals surface area contributed by atoms with Crippen LogP contribution in [0, 0.1) is 0 Å². The molecule has 2 atom stereocenters. The standard InChI is InChI=1S/C18H20Cl4N2/c1-3-23-17(11-5-13(19)9-14(20)6-11)18(24-4-2)12-7-15(21)10-16(22)8-12/h5-10,17-18,23-24H,3-4H2,1-2H3. The summed E-state index contributed by atoms with van der Waals surface area (Å²) < 4.78 is 0. The lowest BCUT2D eigenvalue weighted by atomic mass is 9.93. The molecule has 0 bridgehead atoms. The van der Waals surface area contributed by atoms with Crippen LogP contribution in [0.5, 0.6) is 0 Å². The van der Waals surface area contributed by atoms with Crippen molar-refractivity contribution in [3.8, 4) is 0 Å². The number of hydrogen-bond acceptors (Lipinski definition) is 2. The van der Waals surface area contributed by atoms with Gasteiger partial charge in [0.25, 0.3) is 0 Å². The minimum Gasteiger partial charge on any atom is -0.309 e. The van der Waals surface area contributed by atoms with Crippen LogP contribution in [-0.4, -0.2) is 13.1 Å². The van der Waals surface area contributed by atoms with E-state index >= 15 is 0 Å². The first kappa shape index (κ1) is 19.8. The Kier molecular flexibility index (Phi) is 7.67. The normalized spacial score (nSPS) is 13.8. The number of benzene rings is 2. The molecule has 0 saturated carbocycles. The van der Waals surface area contributed by atoms with Gasteiger partial charge in [-0.1, -0.05) is 60.3 Å². The predicted octanol–water partition coefficient (Wildman–Crippen LogP) is 6.30. The molecule has 0 saturated heterocycles. The van der Waals surface area contributed by atoms with E-state index in [4.69, 9.17) is 46.4 Å². The van der Waals surface area contributed by atoms with Crippen molar-refractivity contribution in [2.45, 2.75) is 25.9 Å². The zero-order valence-corrected chi connectivity index (χ0v) is 16.6. The minimum atomic E-state index is -0.0271. The van der Waals surface area contributed by atoms with Gasteiger partial charge in [0, 0.05) is 20.1 Å². The van der Waals surface area contributed by atoms with Crippen molar-refractivity contribution in [3.63, 3.8) is 0 Å². The third-order valence-electron chi connectivity index (χ3n) is 3.67. The van der Waals surface area contributed by atoms with E-state index in [1.165, 1.54) is 0 Å². The molecular formula is C18H20Cl4N2. The van der Waals surface area contributed by atoms with Gasteiger partial charge < -0.3 is 10.6 Å². The first-order chi connectivity index (χ1) is 11.4. The molecule has 2 nitrogen and oxygen atoms in total. The topological polar surface area (TPSA) is 24.1 Å². The average Bonchev–Trinajstić information content (AvgIpc) is 2.48. The zero-order chi connectivity index (χ0) is 17.7. The molecule has 0 aliphatic carbocycles. The molecule has 2 unspecified atom stereocenters. The zero-order valence-electron chi connectivity index (χ0n) is 13.5. The molecule has 24 heavy (non-hydrogen) atoms. The number of nitrogens with one attached hydrogen (secondary N) is 2. The van der Waals surface area contributed by atoms with Crippen molar-refractivity contribution in [1.29, 1.82) is 0 Å². The second-order valence-electron chi connectivity index (χ2n) is 5.48. The lowest BCUT2D eigenvalue weighted by molar-refractivity contribution is 0.398. The number of hydrogen-bond donors (Lipinski definition) is 2. The van der Waals surface area contributed by atoms with Crippen molar-refractivity contribution in [1.82, 2.24) is 10.6 Å². The Morgan fingerprint density at radius 3 is 1.17 bits per heavy atom. The van der Waals surface area contributed by atoms with Gasteiger partial charge in [-0.2, -0.15) is 0 Å². The first-order valence-electron chi connectivity index (χ1n) is 7.83. The van der Waals surface area contributed by atoms with Crippen LogP contribution in [0.4, 0.5) is 0 Å². The van der Waals surface area contributed by atoms with E-state index in [1.807, 2.05) is 24.3 Å². The van der Waals surface area contributed by atoms with Gasteiger partial charge >= 0.3 is 0 Å². The van der Waals surface area contributed by atoms with Crippen LogP contribution >= 0.6 is 46.4 Å². The fourth-order valence-corrected chi connectivity index (χ4v) is 3.89. The van der Waals surface area contributed by atoms with Crippen molar-refractivity contribution in [2.24, 2.45) is 0 Å². The van der Waals surface area contributed by atoms with Crippen LogP contribution in [0.1, 0.15) is 37.1 Å².